The van der Waals surface area contributed by atoms with Crippen LogP contribution in [0.5, 0.6) is 5.75 Å². The maximum Gasteiger partial charge on any atom is 0.261 e. The zero-order chi connectivity index (χ0) is 25.3. The molecule has 0 aliphatic heterocycles. The minimum absolute atomic E-state index is 0.134. The fraction of sp³-hybridized carbons (Fsp3) is 0.481. The Hall–Kier alpha value is -2.24. The summed E-state index contributed by atoms with van der Waals surface area (Å²) in [5.41, 5.74) is 1.67. The minimum Gasteiger partial charge on any atom is -0.483 e. The highest BCUT2D eigenvalue weighted by Crippen LogP contribution is 2.31. The molecule has 2 aromatic rings. The van der Waals surface area contributed by atoms with Crippen LogP contribution in [0.3, 0.4) is 0 Å². The number of hydrogen-bond donors (Lipinski definition) is 1. The lowest BCUT2D eigenvalue weighted by molar-refractivity contribution is -0.143. The van der Waals surface area contributed by atoms with Crippen molar-refractivity contribution < 1.29 is 14.3 Å². The van der Waals surface area contributed by atoms with Gasteiger partial charge in [-0.25, -0.2) is 0 Å². The average molecular weight is 508 g/mol. The van der Waals surface area contributed by atoms with Gasteiger partial charge in [-0.1, -0.05) is 88.5 Å². The van der Waals surface area contributed by atoms with Gasteiger partial charge >= 0.3 is 0 Å². The van der Waals surface area contributed by atoms with Crippen LogP contribution in [0.4, 0.5) is 0 Å². The number of nitrogens with zero attached hydrogens (tertiary/aromatic N) is 1. The molecule has 34 heavy (non-hydrogen) atoms. The molecule has 2 aromatic carbocycles. The Kier molecular flexibility index (Phi) is 10.7. The Labute approximate surface area is 213 Å². The van der Waals surface area contributed by atoms with Gasteiger partial charge in [-0.15, -0.1) is 0 Å². The molecule has 2 amide bonds. The van der Waals surface area contributed by atoms with Crippen LogP contribution in [0.25, 0.3) is 0 Å². The van der Waals surface area contributed by atoms with Crippen molar-refractivity contribution in [2.45, 2.75) is 71.9 Å². The lowest BCUT2D eigenvalue weighted by Gasteiger charge is -2.31. The van der Waals surface area contributed by atoms with E-state index in [0.29, 0.717) is 28.8 Å². The van der Waals surface area contributed by atoms with E-state index >= 15 is 0 Å². The molecule has 7 heteroatoms. The van der Waals surface area contributed by atoms with Gasteiger partial charge in [0.1, 0.15) is 11.8 Å². The highest BCUT2D eigenvalue weighted by Gasteiger charge is 2.29. The molecule has 5 nitrogen and oxygen atoms in total. The Morgan fingerprint density at radius 2 is 1.76 bits per heavy atom. The van der Waals surface area contributed by atoms with E-state index in [2.05, 4.69) is 33.0 Å². The van der Waals surface area contributed by atoms with E-state index < -0.39 is 6.04 Å². The van der Waals surface area contributed by atoms with Crippen molar-refractivity contribution in [2.75, 3.05) is 13.2 Å². The zero-order valence-corrected chi connectivity index (χ0v) is 22.3. The third-order valence-electron chi connectivity index (χ3n) is 5.60. The largest absolute Gasteiger partial charge is 0.483 e. The Bertz CT molecular complexity index is 973. The molecule has 186 valence electrons. The van der Waals surface area contributed by atoms with Gasteiger partial charge in [-0.05, 0) is 47.6 Å². The molecule has 0 saturated carbocycles. The van der Waals surface area contributed by atoms with E-state index in [1.54, 1.807) is 17.0 Å². The molecule has 0 radical (unpaired) electrons. The predicted octanol–water partition coefficient (Wildman–Crippen LogP) is 6.39. The number of para-hydroxylation sites is 1. The van der Waals surface area contributed by atoms with Gasteiger partial charge in [0.15, 0.2) is 6.61 Å². The van der Waals surface area contributed by atoms with Gasteiger partial charge < -0.3 is 15.0 Å². The maximum atomic E-state index is 13.4. The molecule has 1 atom stereocenters. The SMILES string of the molecule is CCCCNC(=O)C(CC)N(Cc1ccc(Cl)c(Cl)c1)C(=O)COc1ccccc1C(C)(C)C. The zero-order valence-electron chi connectivity index (χ0n) is 20.8. The van der Waals surface area contributed by atoms with Gasteiger partial charge in [-0.3, -0.25) is 9.59 Å². The lowest BCUT2D eigenvalue weighted by Crippen LogP contribution is -2.50. The van der Waals surface area contributed by atoms with E-state index in [0.717, 1.165) is 24.0 Å². The van der Waals surface area contributed by atoms with Gasteiger partial charge in [-0.2, -0.15) is 0 Å². The third kappa shape index (κ3) is 7.92. The Morgan fingerprint density at radius 3 is 2.38 bits per heavy atom. The van der Waals surface area contributed by atoms with Crippen LogP contribution >= 0.6 is 23.2 Å². The van der Waals surface area contributed by atoms with Crippen LogP contribution in [0.15, 0.2) is 42.5 Å². The van der Waals surface area contributed by atoms with Crippen molar-refractivity contribution in [3.05, 3.63) is 63.6 Å². The standard InChI is InChI=1S/C27H36Cl2N2O3/c1-6-8-15-30-26(33)23(7-2)31(17-19-13-14-21(28)22(29)16-19)25(32)18-34-24-12-10-9-11-20(24)27(3,4)5/h9-14,16,23H,6-8,15,17-18H2,1-5H3,(H,30,33). The topological polar surface area (TPSA) is 58.6 Å². The summed E-state index contributed by atoms with van der Waals surface area (Å²) >= 11 is 12.3. The number of halogens is 2. The first-order valence-corrected chi connectivity index (χ1v) is 12.6. The monoisotopic (exact) mass is 506 g/mol. The molecule has 0 fully saturated rings. The second-order valence-electron chi connectivity index (χ2n) is 9.37. The number of carbonyl (C=O) groups excluding carboxylic acids is 2. The normalized spacial score (nSPS) is 12.2. The van der Waals surface area contributed by atoms with Crippen molar-refractivity contribution >= 4 is 35.0 Å². The third-order valence-corrected chi connectivity index (χ3v) is 6.34. The summed E-state index contributed by atoms with van der Waals surface area (Å²) in [7, 11) is 0. The number of benzene rings is 2. The van der Waals surface area contributed by atoms with Gasteiger partial charge in [0.25, 0.3) is 5.91 Å². The quantitative estimate of drug-likeness (QED) is 0.359. The molecular formula is C27H36Cl2N2O3. The van der Waals surface area contributed by atoms with E-state index in [4.69, 9.17) is 27.9 Å². The molecule has 2 rings (SSSR count). The van der Waals surface area contributed by atoms with Crippen molar-refractivity contribution in [3.8, 4) is 5.75 Å². The summed E-state index contributed by atoms with van der Waals surface area (Å²) in [5, 5.41) is 3.80. The van der Waals surface area contributed by atoms with Crippen LogP contribution in [0.1, 0.15) is 65.0 Å². The van der Waals surface area contributed by atoms with E-state index in [1.807, 2.05) is 37.3 Å². The van der Waals surface area contributed by atoms with Crippen LogP contribution in [0.2, 0.25) is 10.0 Å². The van der Waals surface area contributed by atoms with Gasteiger partial charge in [0, 0.05) is 13.1 Å². The highest BCUT2D eigenvalue weighted by atomic mass is 35.5. The summed E-state index contributed by atoms with van der Waals surface area (Å²) in [5.74, 6) is 0.227. The average Bonchev–Trinajstić information content (AvgIpc) is 2.79. The summed E-state index contributed by atoms with van der Waals surface area (Å²) in [6, 6.07) is 12.3. The fourth-order valence-electron chi connectivity index (χ4n) is 3.69. The van der Waals surface area contributed by atoms with E-state index in [-0.39, 0.29) is 30.4 Å². The van der Waals surface area contributed by atoms with E-state index in [1.165, 1.54) is 0 Å². The molecule has 0 aliphatic rings. The molecule has 0 heterocycles. The summed E-state index contributed by atoms with van der Waals surface area (Å²) in [4.78, 5) is 28.0. The van der Waals surface area contributed by atoms with Crippen molar-refractivity contribution in [2.24, 2.45) is 0 Å². The van der Waals surface area contributed by atoms with Crippen molar-refractivity contribution in [3.63, 3.8) is 0 Å². The van der Waals surface area contributed by atoms with Crippen LogP contribution in [0, 0.1) is 0 Å². The number of unbranched alkanes of at least 4 members (excludes halogenated alkanes) is 1. The molecule has 0 saturated heterocycles. The Morgan fingerprint density at radius 1 is 1.06 bits per heavy atom. The molecule has 0 aliphatic carbocycles. The number of ether oxygens (including phenoxy) is 1. The molecule has 0 spiro atoms. The summed E-state index contributed by atoms with van der Waals surface area (Å²) in [6.45, 7) is 10.9. The number of nitrogens with one attached hydrogen (secondary N) is 1. The number of rotatable bonds is 11. The fourth-order valence-corrected chi connectivity index (χ4v) is 4.02. The first-order valence-electron chi connectivity index (χ1n) is 11.8. The first-order chi connectivity index (χ1) is 16.1. The van der Waals surface area contributed by atoms with Crippen molar-refractivity contribution in [1.82, 2.24) is 10.2 Å². The number of hydrogen-bond acceptors (Lipinski definition) is 3. The molecular weight excluding hydrogens is 471 g/mol. The maximum absolute atomic E-state index is 13.4. The molecule has 0 aromatic heterocycles. The molecule has 1 unspecified atom stereocenters. The second-order valence-corrected chi connectivity index (χ2v) is 10.2. The van der Waals surface area contributed by atoms with Crippen LogP contribution in [-0.4, -0.2) is 35.9 Å². The van der Waals surface area contributed by atoms with E-state index in [9.17, 15) is 9.59 Å². The van der Waals surface area contributed by atoms with Gasteiger partial charge in [0.2, 0.25) is 5.91 Å². The first kappa shape index (κ1) is 28.0. The number of amides is 2. The molecule has 1 N–H and O–H groups in total. The van der Waals surface area contributed by atoms with Gasteiger partial charge in [0.05, 0.1) is 10.0 Å². The second kappa shape index (κ2) is 13.0. The summed E-state index contributed by atoms with van der Waals surface area (Å²) in [6.07, 6.45) is 2.34. The van der Waals surface area contributed by atoms with Crippen molar-refractivity contribution in [1.29, 1.82) is 0 Å². The summed E-state index contributed by atoms with van der Waals surface area (Å²) < 4.78 is 5.99. The molecule has 0 bridgehead atoms. The highest BCUT2D eigenvalue weighted by molar-refractivity contribution is 6.42. The Balaban J connectivity index is 2.27. The number of carbonyl (C=O) groups is 2. The minimum atomic E-state index is -0.625. The predicted molar refractivity (Wildman–Crippen MR) is 140 cm³/mol. The van der Waals surface area contributed by atoms with Crippen LogP contribution < -0.4 is 10.1 Å². The smallest absolute Gasteiger partial charge is 0.261 e. The van der Waals surface area contributed by atoms with Crippen LogP contribution in [-0.2, 0) is 21.5 Å². The lowest BCUT2D eigenvalue weighted by atomic mass is 9.86.